The average molecular weight is 462 g/mol. The number of para-hydroxylation sites is 1. The predicted molar refractivity (Wildman–Crippen MR) is 131 cm³/mol. The Morgan fingerprint density at radius 2 is 1.76 bits per heavy atom. The van der Waals surface area contributed by atoms with Crippen LogP contribution in [0.1, 0.15) is 26.3 Å². The first-order chi connectivity index (χ1) is 15.8. The summed E-state index contributed by atoms with van der Waals surface area (Å²) in [6.07, 6.45) is 3.37. The van der Waals surface area contributed by atoms with Crippen molar-refractivity contribution in [2.24, 2.45) is 0 Å². The van der Waals surface area contributed by atoms with E-state index in [1.165, 1.54) is 0 Å². The highest BCUT2D eigenvalue weighted by molar-refractivity contribution is 6.30. The van der Waals surface area contributed by atoms with E-state index in [2.05, 4.69) is 46.4 Å². The van der Waals surface area contributed by atoms with Gasteiger partial charge in [0.05, 0.1) is 0 Å². The van der Waals surface area contributed by atoms with Crippen LogP contribution in [0.15, 0.2) is 73.1 Å². The van der Waals surface area contributed by atoms with E-state index >= 15 is 0 Å². The molecule has 0 fully saturated rings. The molecule has 0 radical (unpaired) electrons. The smallest absolute Gasteiger partial charge is 0.323 e. The summed E-state index contributed by atoms with van der Waals surface area (Å²) in [5, 5.41) is 6.19. The molecule has 0 saturated carbocycles. The average Bonchev–Trinajstić information content (AvgIpc) is 3.31. The normalized spacial score (nSPS) is 11.2. The molecule has 0 aliphatic carbocycles. The van der Waals surface area contributed by atoms with Gasteiger partial charge in [-0.1, -0.05) is 50.6 Å². The van der Waals surface area contributed by atoms with E-state index in [4.69, 9.17) is 16.3 Å². The van der Waals surface area contributed by atoms with Gasteiger partial charge in [-0.2, -0.15) is 0 Å². The molecule has 0 saturated heterocycles. The van der Waals surface area contributed by atoms with Gasteiger partial charge in [-0.05, 0) is 47.9 Å². The van der Waals surface area contributed by atoms with E-state index in [-0.39, 0.29) is 11.3 Å². The van der Waals surface area contributed by atoms with Crippen molar-refractivity contribution in [3.8, 4) is 23.1 Å². The van der Waals surface area contributed by atoms with Crippen LogP contribution >= 0.6 is 11.6 Å². The molecule has 0 unspecified atom stereocenters. The zero-order valence-corrected chi connectivity index (χ0v) is 19.3. The number of ether oxygens (including phenoxy) is 1. The van der Waals surface area contributed by atoms with Gasteiger partial charge >= 0.3 is 6.03 Å². The predicted octanol–water partition coefficient (Wildman–Crippen LogP) is 6.86. The standard InChI is InChI=1S/C25H24ClN5O2/c1-25(2,3)18-6-4-5-7-21(18)33-23-20(13-12-19(30-23)22-27-14-15-28-22)31-24(32)29-17-10-8-16(26)9-11-17/h4-15H,1-3H3,(H,27,28)(H2,29,31,32). The Morgan fingerprint density at radius 3 is 2.45 bits per heavy atom. The Labute approximate surface area is 197 Å². The number of halogens is 1. The minimum Gasteiger partial charge on any atom is -0.437 e. The number of amides is 2. The molecule has 4 rings (SSSR count). The van der Waals surface area contributed by atoms with Crippen molar-refractivity contribution in [1.29, 1.82) is 0 Å². The number of nitrogens with zero attached hydrogens (tertiary/aromatic N) is 2. The Balaban J connectivity index is 1.66. The van der Waals surface area contributed by atoms with Gasteiger partial charge in [-0.15, -0.1) is 0 Å². The molecular formula is C25H24ClN5O2. The van der Waals surface area contributed by atoms with E-state index < -0.39 is 6.03 Å². The summed E-state index contributed by atoms with van der Waals surface area (Å²) in [7, 11) is 0. The van der Waals surface area contributed by atoms with Crippen LogP contribution in [0.5, 0.6) is 11.6 Å². The van der Waals surface area contributed by atoms with E-state index in [1.54, 1.807) is 48.8 Å². The highest BCUT2D eigenvalue weighted by Crippen LogP contribution is 2.36. The summed E-state index contributed by atoms with van der Waals surface area (Å²) in [6, 6.07) is 17.7. The first-order valence-electron chi connectivity index (χ1n) is 10.4. The van der Waals surface area contributed by atoms with Gasteiger partial charge in [0.2, 0.25) is 5.88 Å². The van der Waals surface area contributed by atoms with E-state index in [1.807, 2.05) is 24.3 Å². The Bertz CT molecular complexity index is 1250. The molecule has 0 spiro atoms. The van der Waals surface area contributed by atoms with Crippen LogP contribution in [0.4, 0.5) is 16.2 Å². The van der Waals surface area contributed by atoms with Crippen molar-refractivity contribution in [2.75, 3.05) is 10.6 Å². The van der Waals surface area contributed by atoms with Gasteiger partial charge < -0.3 is 20.4 Å². The van der Waals surface area contributed by atoms with Crippen molar-refractivity contribution in [3.63, 3.8) is 0 Å². The third kappa shape index (κ3) is 5.51. The van der Waals surface area contributed by atoms with Crippen molar-refractivity contribution < 1.29 is 9.53 Å². The van der Waals surface area contributed by atoms with Crippen molar-refractivity contribution >= 4 is 29.0 Å². The minimum absolute atomic E-state index is 0.144. The van der Waals surface area contributed by atoms with Gasteiger partial charge in [-0.3, -0.25) is 0 Å². The summed E-state index contributed by atoms with van der Waals surface area (Å²) in [5.74, 6) is 1.52. The van der Waals surface area contributed by atoms with Gasteiger partial charge in [0.15, 0.2) is 5.82 Å². The Hall–Kier alpha value is -3.84. The fourth-order valence-electron chi connectivity index (χ4n) is 3.25. The van der Waals surface area contributed by atoms with Gasteiger partial charge in [0.25, 0.3) is 0 Å². The lowest BCUT2D eigenvalue weighted by Crippen LogP contribution is -2.20. The molecule has 0 aliphatic rings. The highest BCUT2D eigenvalue weighted by Gasteiger charge is 2.21. The number of nitrogens with one attached hydrogen (secondary N) is 3. The fourth-order valence-corrected chi connectivity index (χ4v) is 3.37. The van der Waals surface area contributed by atoms with Gasteiger partial charge in [-0.25, -0.2) is 14.8 Å². The number of H-pyrrole nitrogens is 1. The molecular weight excluding hydrogens is 438 g/mol. The molecule has 8 heteroatoms. The maximum atomic E-state index is 12.7. The van der Waals surface area contributed by atoms with Crippen molar-refractivity contribution in [1.82, 2.24) is 15.0 Å². The molecule has 2 amide bonds. The summed E-state index contributed by atoms with van der Waals surface area (Å²) in [5.41, 5.74) is 2.49. The number of imidazole rings is 1. The molecule has 7 nitrogen and oxygen atoms in total. The van der Waals surface area contributed by atoms with Crippen LogP contribution in [0.2, 0.25) is 5.02 Å². The topological polar surface area (TPSA) is 91.9 Å². The maximum Gasteiger partial charge on any atom is 0.323 e. The number of rotatable bonds is 5. The molecule has 33 heavy (non-hydrogen) atoms. The van der Waals surface area contributed by atoms with Crippen LogP contribution in [-0.4, -0.2) is 21.0 Å². The SMILES string of the molecule is CC(C)(C)c1ccccc1Oc1nc(-c2ncc[nH]2)ccc1NC(=O)Nc1ccc(Cl)cc1. The molecule has 0 bridgehead atoms. The number of carbonyl (C=O) groups excluding carboxylic acids is 1. The number of aromatic nitrogens is 3. The summed E-state index contributed by atoms with van der Waals surface area (Å²) >= 11 is 5.92. The molecule has 0 aliphatic heterocycles. The van der Waals surface area contributed by atoms with Crippen molar-refractivity contribution in [3.05, 3.63) is 83.6 Å². The lowest BCUT2D eigenvalue weighted by Gasteiger charge is -2.23. The number of urea groups is 1. The lowest BCUT2D eigenvalue weighted by molar-refractivity contribution is 0.262. The quantitative estimate of drug-likeness (QED) is 0.302. The number of carbonyl (C=O) groups is 1. The Morgan fingerprint density at radius 1 is 1.00 bits per heavy atom. The summed E-state index contributed by atoms with van der Waals surface area (Å²) in [4.78, 5) is 24.6. The van der Waals surface area contributed by atoms with Crippen LogP contribution in [0, 0.1) is 0 Å². The molecule has 168 valence electrons. The number of pyridine rings is 1. The second-order valence-corrected chi connectivity index (χ2v) is 8.86. The second-order valence-electron chi connectivity index (χ2n) is 8.42. The van der Waals surface area contributed by atoms with Gasteiger partial charge in [0, 0.05) is 28.7 Å². The number of benzene rings is 2. The molecule has 4 aromatic rings. The van der Waals surface area contributed by atoms with Crippen molar-refractivity contribution in [2.45, 2.75) is 26.2 Å². The third-order valence-corrected chi connectivity index (χ3v) is 5.11. The second kappa shape index (κ2) is 9.34. The summed E-state index contributed by atoms with van der Waals surface area (Å²) in [6.45, 7) is 6.34. The first kappa shape index (κ1) is 22.4. The molecule has 0 atom stereocenters. The number of anilines is 2. The van der Waals surface area contributed by atoms with E-state index in [0.717, 1.165) is 5.56 Å². The summed E-state index contributed by atoms with van der Waals surface area (Å²) < 4.78 is 6.26. The lowest BCUT2D eigenvalue weighted by atomic mass is 9.86. The van der Waals surface area contributed by atoms with Crippen LogP contribution in [0.25, 0.3) is 11.5 Å². The van der Waals surface area contributed by atoms with Crippen LogP contribution in [0.3, 0.4) is 0 Å². The molecule has 3 N–H and O–H groups in total. The molecule has 2 aromatic heterocycles. The fraction of sp³-hybridized carbons (Fsp3) is 0.160. The number of aromatic amines is 1. The minimum atomic E-state index is -0.432. The number of hydrogen-bond donors (Lipinski definition) is 3. The number of hydrogen-bond acceptors (Lipinski definition) is 4. The highest BCUT2D eigenvalue weighted by atomic mass is 35.5. The molecule has 2 aromatic carbocycles. The monoisotopic (exact) mass is 461 g/mol. The van der Waals surface area contributed by atoms with Crippen LogP contribution in [-0.2, 0) is 5.41 Å². The largest absolute Gasteiger partial charge is 0.437 e. The zero-order valence-electron chi connectivity index (χ0n) is 18.5. The first-order valence-corrected chi connectivity index (χ1v) is 10.8. The Kier molecular flexibility index (Phi) is 6.33. The van der Waals surface area contributed by atoms with E-state index in [9.17, 15) is 4.79 Å². The van der Waals surface area contributed by atoms with Gasteiger partial charge in [0.1, 0.15) is 17.1 Å². The zero-order chi connectivity index (χ0) is 23.4. The maximum absolute atomic E-state index is 12.7. The molecule has 2 heterocycles. The van der Waals surface area contributed by atoms with E-state index in [0.29, 0.717) is 33.7 Å². The third-order valence-electron chi connectivity index (χ3n) is 4.85. The van der Waals surface area contributed by atoms with Crippen LogP contribution < -0.4 is 15.4 Å².